The van der Waals surface area contributed by atoms with Gasteiger partial charge in [0.1, 0.15) is 0 Å². The van der Waals surface area contributed by atoms with Crippen molar-refractivity contribution >= 4 is 5.91 Å². The molecule has 0 unspecified atom stereocenters. The number of benzene rings is 1. The molecule has 6 nitrogen and oxygen atoms in total. The van der Waals surface area contributed by atoms with Crippen LogP contribution in [-0.2, 0) is 17.8 Å². The molecule has 0 aliphatic carbocycles. The molecule has 0 bridgehead atoms. The Bertz CT molecular complexity index is 764. The van der Waals surface area contributed by atoms with Crippen molar-refractivity contribution in [1.82, 2.24) is 20.2 Å². The molecule has 0 radical (unpaired) electrons. The van der Waals surface area contributed by atoms with Crippen LogP contribution in [0, 0.1) is 0 Å². The van der Waals surface area contributed by atoms with Gasteiger partial charge in [-0.2, -0.15) is 0 Å². The molecule has 1 amide bonds. The highest BCUT2D eigenvalue weighted by Gasteiger charge is 2.41. The van der Waals surface area contributed by atoms with Crippen molar-refractivity contribution in [2.45, 2.75) is 51.2 Å². The second kappa shape index (κ2) is 9.26. The largest absolute Gasteiger partial charge is 0.379 e. The van der Waals surface area contributed by atoms with Crippen molar-refractivity contribution in [3.63, 3.8) is 0 Å². The lowest BCUT2D eigenvalue weighted by Gasteiger charge is -2.38. The Morgan fingerprint density at radius 3 is 2.71 bits per heavy atom. The lowest BCUT2D eigenvalue weighted by molar-refractivity contribution is -0.157. The quantitative estimate of drug-likeness (QED) is 0.685. The minimum atomic E-state index is -1.33. The first kappa shape index (κ1) is 20.4. The fourth-order valence-corrected chi connectivity index (χ4v) is 3.58. The molecular formula is C22H30N4O2. The Kier molecular flexibility index (Phi) is 6.75. The lowest BCUT2D eigenvalue weighted by Crippen LogP contribution is -2.57. The minimum absolute atomic E-state index is 0.182. The number of carbonyl (C=O) groups excluding carboxylic acids is 1. The van der Waals surface area contributed by atoms with Gasteiger partial charge in [0.2, 0.25) is 0 Å². The summed E-state index contributed by atoms with van der Waals surface area (Å²) < 4.78 is 0. The van der Waals surface area contributed by atoms with Gasteiger partial charge in [-0.3, -0.25) is 14.8 Å². The number of amides is 1. The number of nitrogens with zero attached hydrogens (tertiary/aromatic N) is 3. The fourth-order valence-electron chi connectivity index (χ4n) is 3.58. The Morgan fingerprint density at radius 1 is 1.25 bits per heavy atom. The zero-order valence-electron chi connectivity index (χ0n) is 16.8. The first-order valence-electron chi connectivity index (χ1n) is 10.0. The lowest BCUT2D eigenvalue weighted by atomic mass is 9.91. The molecule has 28 heavy (non-hydrogen) atoms. The van der Waals surface area contributed by atoms with Crippen molar-refractivity contribution in [3.8, 4) is 0 Å². The third-order valence-corrected chi connectivity index (χ3v) is 5.32. The van der Waals surface area contributed by atoms with Crippen LogP contribution in [0.3, 0.4) is 0 Å². The maximum absolute atomic E-state index is 12.9. The highest BCUT2D eigenvalue weighted by molar-refractivity contribution is 5.86. The van der Waals surface area contributed by atoms with E-state index >= 15 is 0 Å². The van der Waals surface area contributed by atoms with Crippen molar-refractivity contribution < 1.29 is 9.90 Å². The molecule has 1 aromatic heterocycles. The SMILES string of the molecule is CC(C)c1ccc(CN2CCC[C@](O)(CNCCc3cnccn3)C2=O)cc1. The Hall–Kier alpha value is -2.31. The molecule has 1 atom stereocenters. The molecule has 1 fully saturated rings. The molecule has 1 aliphatic rings. The van der Waals surface area contributed by atoms with E-state index in [1.54, 1.807) is 23.5 Å². The minimum Gasteiger partial charge on any atom is -0.379 e. The van der Waals surface area contributed by atoms with Crippen LogP contribution >= 0.6 is 0 Å². The van der Waals surface area contributed by atoms with Crippen molar-refractivity contribution in [3.05, 3.63) is 59.7 Å². The normalized spacial score (nSPS) is 20.0. The van der Waals surface area contributed by atoms with Crippen LogP contribution in [0.1, 0.15) is 49.4 Å². The number of aliphatic hydroxyl groups is 1. The number of likely N-dealkylation sites (tertiary alicyclic amines) is 1. The number of rotatable bonds is 8. The fraction of sp³-hybridized carbons (Fsp3) is 0.500. The zero-order valence-corrected chi connectivity index (χ0v) is 16.8. The van der Waals surface area contributed by atoms with Crippen LogP contribution in [0.25, 0.3) is 0 Å². The van der Waals surface area contributed by atoms with Gasteiger partial charge in [0.05, 0.1) is 5.69 Å². The third kappa shape index (κ3) is 5.14. The van der Waals surface area contributed by atoms with E-state index in [-0.39, 0.29) is 12.5 Å². The van der Waals surface area contributed by atoms with Gasteiger partial charge in [0, 0.05) is 51.2 Å². The highest BCUT2D eigenvalue weighted by atomic mass is 16.3. The van der Waals surface area contributed by atoms with Gasteiger partial charge in [-0.25, -0.2) is 0 Å². The van der Waals surface area contributed by atoms with E-state index in [1.165, 1.54) is 5.56 Å². The molecule has 150 valence electrons. The molecule has 1 aromatic carbocycles. The molecule has 0 saturated carbocycles. The molecule has 1 saturated heterocycles. The van der Waals surface area contributed by atoms with E-state index in [0.29, 0.717) is 38.4 Å². The van der Waals surface area contributed by atoms with Gasteiger partial charge in [-0.15, -0.1) is 0 Å². The Balaban J connectivity index is 1.53. The smallest absolute Gasteiger partial charge is 0.256 e. The summed E-state index contributed by atoms with van der Waals surface area (Å²) >= 11 is 0. The van der Waals surface area contributed by atoms with E-state index < -0.39 is 5.60 Å². The van der Waals surface area contributed by atoms with E-state index in [1.807, 2.05) is 0 Å². The summed E-state index contributed by atoms with van der Waals surface area (Å²) in [6, 6.07) is 8.40. The van der Waals surface area contributed by atoms with Gasteiger partial charge >= 0.3 is 0 Å². The molecule has 1 aliphatic heterocycles. The number of aromatic nitrogens is 2. The Labute approximate surface area is 167 Å². The predicted molar refractivity (Wildman–Crippen MR) is 109 cm³/mol. The third-order valence-electron chi connectivity index (χ3n) is 5.32. The predicted octanol–water partition coefficient (Wildman–Crippen LogP) is 2.29. The second-order valence-electron chi connectivity index (χ2n) is 7.88. The first-order valence-corrected chi connectivity index (χ1v) is 10.0. The summed E-state index contributed by atoms with van der Waals surface area (Å²) in [5.41, 5.74) is 1.94. The summed E-state index contributed by atoms with van der Waals surface area (Å²) in [5, 5.41) is 14.1. The van der Waals surface area contributed by atoms with Crippen LogP contribution < -0.4 is 5.32 Å². The van der Waals surface area contributed by atoms with Gasteiger partial charge in [0.15, 0.2) is 5.60 Å². The van der Waals surface area contributed by atoms with Crippen LogP contribution in [0.2, 0.25) is 0 Å². The maximum atomic E-state index is 12.9. The van der Waals surface area contributed by atoms with Crippen LogP contribution in [0.4, 0.5) is 0 Å². The van der Waals surface area contributed by atoms with Crippen molar-refractivity contribution in [2.75, 3.05) is 19.6 Å². The van der Waals surface area contributed by atoms with E-state index in [9.17, 15) is 9.90 Å². The highest BCUT2D eigenvalue weighted by Crippen LogP contribution is 2.24. The molecule has 0 spiro atoms. The van der Waals surface area contributed by atoms with E-state index in [2.05, 4.69) is 53.4 Å². The first-order chi connectivity index (χ1) is 13.5. The number of hydrogen-bond donors (Lipinski definition) is 2. The summed E-state index contributed by atoms with van der Waals surface area (Å²) in [4.78, 5) is 23.0. The van der Waals surface area contributed by atoms with Crippen molar-refractivity contribution in [1.29, 1.82) is 0 Å². The molecule has 2 aromatic rings. The molecule has 3 rings (SSSR count). The van der Waals surface area contributed by atoms with E-state index in [4.69, 9.17) is 0 Å². The average Bonchev–Trinajstić information content (AvgIpc) is 2.70. The van der Waals surface area contributed by atoms with Gasteiger partial charge < -0.3 is 15.3 Å². The number of hydrogen-bond acceptors (Lipinski definition) is 5. The second-order valence-corrected chi connectivity index (χ2v) is 7.88. The molecule has 6 heteroatoms. The monoisotopic (exact) mass is 382 g/mol. The topological polar surface area (TPSA) is 78.3 Å². The van der Waals surface area contributed by atoms with Gasteiger partial charge in [0.25, 0.3) is 5.91 Å². The molecule has 2 N–H and O–H groups in total. The number of nitrogens with one attached hydrogen (secondary N) is 1. The maximum Gasteiger partial charge on any atom is 0.256 e. The van der Waals surface area contributed by atoms with Gasteiger partial charge in [-0.1, -0.05) is 38.1 Å². The average molecular weight is 383 g/mol. The number of carbonyl (C=O) groups is 1. The van der Waals surface area contributed by atoms with Crippen LogP contribution in [-0.4, -0.2) is 51.1 Å². The summed E-state index contributed by atoms with van der Waals surface area (Å²) in [6.07, 6.45) is 7.05. The summed E-state index contributed by atoms with van der Waals surface area (Å²) in [5.74, 6) is 0.308. The standard InChI is InChI=1S/C22H30N4O2/c1-17(2)19-6-4-18(5-7-19)15-26-13-3-9-22(28,21(26)27)16-24-10-8-20-14-23-11-12-25-20/h4-7,11-12,14,17,24,28H,3,8-10,13,15-16H2,1-2H3/t22-/m0/s1. The Morgan fingerprint density at radius 2 is 2.04 bits per heavy atom. The molecule has 2 heterocycles. The molecular weight excluding hydrogens is 352 g/mol. The zero-order chi connectivity index (χ0) is 20.0. The van der Waals surface area contributed by atoms with Crippen LogP contribution in [0.15, 0.2) is 42.9 Å². The van der Waals surface area contributed by atoms with Crippen LogP contribution in [0.5, 0.6) is 0 Å². The number of piperidine rings is 1. The summed E-state index contributed by atoms with van der Waals surface area (Å²) in [7, 11) is 0. The van der Waals surface area contributed by atoms with E-state index in [0.717, 1.165) is 17.7 Å². The van der Waals surface area contributed by atoms with Gasteiger partial charge in [-0.05, 0) is 29.9 Å². The van der Waals surface area contributed by atoms with Crippen molar-refractivity contribution in [2.24, 2.45) is 0 Å². The summed E-state index contributed by atoms with van der Waals surface area (Å²) in [6.45, 7) is 6.47.